The van der Waals surface area contributed by atoms with Gasteiger partial charge in [0.25, 0.3) is 0 Å². The van der Waals surface area contributed by atoms with Gasteiger partial charge in [0.05, 0.1) is 23.5 Å². The van der Waals surface area contributed by atoms with Crippen LogP contribution in [0.3, 0.4) is 0 Å². The molecule has 6 heteroatoms. The molecule has 1 atom stereocenters. The van der Waals surface area contributed by atoms with Crippen molar-refractivity contribution in [2.24, 2.45) is 0 Å². The Balaban J connectivity index is 1.57. The first-order chi connectivity index (χ1) is 15.9. The number of carbonyl (C=O) groups excluding carboxylic acids is 2. The molecule has 0 spiro atoms. The van der Waals surface area contributed by atoms with Crippen molar-refractivity contribution >= 4 is 28.5 Å². The third-order valence-electron chi connectivity index (χ3n) is 5.87. The number of likely N-dealkylation sites (N-methyl/N-ethyl adjacent to an activating group) is 1. The average Bonchev–Trinajstić information content (AvgIpc) is 3.19. The van der Waals surface area contributed by atoms with Gasteiger partial charge in [0.15, 0.2) is 0 Å². The number of para-hydroxylation sites is 3. The first kappa shape index (κ1) is 22.3. The van der Waals surface area contributed by atoms with Crippen LogP contribution in [0.25, 0.3) is 11.0 Å². The molecule has 1 N–H and O–H groups in total. The highest BCUT2D eigenvalue weighted by Crippen LogP contribution is 2.22. The van der Waals surface area contributed by atoms with Crippen LogP contribution < -0.4 is 10.2 Å². The predicted molar refractivity (Wildman–Crippen MR) is 131 cm³/mol. The highest BCUT2D eigenvalue weighted by atomic mass is 16.2. The van der Waals surface area contributed by atoms with Gasteiger partial charge in [0.2, 0.25) is 11.8 Å². The molecule has 1 heterocycles. The van der Waals surface area contributed by atoms with Crippen molar-refractivity contribution in [3.63, 3.8) is 0 Å². The smallest absolute Gasteiger partial charge is 0.246 e. The van der Waals surface area contributed by atoms with Crippen LogP contribution in [0, 0.1) is 6.92 Å². The normalized spacial score (nSPS) is 11.8. The molecular weight excluding hydrogens is 412 g/mol. The summed E-state index contributed by atoms with van der Waals surface area (Å²) < 4.78 is 1.90. The summed E-state index contributed by atoms with van der Waals surface area (Å²) >= 11 is 0. The van der Waals surface area contributed by atoms with E-state index in [1.165, 1.54) is 0 Å². The largest absolute Gasteiger partial charge is 0.346 e. The number of nitrogens with one attached hydrogen (secondary N) is 1. The fourth-order valence-electron chi connectivity index (χ4n) is 3.97. The van der Waals surface area contributed by atoms with Gasteiger partial charge >= 0.3 is 0 Å². The Kier molecular flexibility index (Phi) is 6.54. The van der Waals surface area contributed by atoms with Crippen LogP contribution in [0.4, 0.5) is 5.69 Å². The molecule has 2 amide bonds. The van der Waals surface area contributed by atoms with Crippen LogP contribution in [0.2, 0.25) is 0 Å². The zero-order valence-electron chi connectivity index (χ0n) is 19.2. The fourth-order valence-corrected chi connectivity index (χ4v) is 3.97. The number of hydrogen-bond donors (Lipinski definition) is 1. The highest BCUT2D eigenvalue weighted by Gasteiger charge is 2.22. The summed E-state index contributed by atoms with van der Waals surface area (Å²) in [5, 5.41) is 3.06. The Labute approximate surface area is 193 Å². The van der Waals surface area contributed by atoms with Gasteiger partial charge in [0.1, 0.15) is 12.4 Å². The van der Waals surface area contributed by atoms with Crippen molar-refractivity contribution in [1.29, 1.82) is 0 Å². The number of nitrogens with zero attached hydrogens (tertiary/aromatic N) is 3. The number of hydrogen-bond acceptors (Lipinski definition) is 3. The van der Waals surface area contributed by atoms with Crippen molar-refractivity contribution in [3.05, 3.63) is 95.8 Å². The third kappa shape index (κ3) is 4.95. The number of rotatable bonds is 7. The van der Waals surface area contributed by atoms with Crippen LogP contribution in [-0.4, -0.2) is 28.4 Å². The van der Waals surface area contributed by atoms with Gasteiger partial charge in [0, 0.05) is 12.7 Å². The summed E-state index contributed by atoms with van der Waals surface area (Å²) in [6.07, 6.45) is 0.299. The molecule has 168 valence electrons. The summed E-state index contributed by atoms with van der Waals surface area (Å²) in [6.45, 7) is 4.03. The number of imidazole rings is 1. The molecule has 6 nitrogen and oxygen atoms in total. The van der Waals surface area contributed by atoms with Gasteiger partial charge in [-0.2, -0.15) is 0 Å². The number of fused-ring (bicyclic) bond motifs is 1. The fraction of sp³-hybridized carbons (Fsp3) is 0.222. The van der Waals surface area contributed by atoms with Crippen LogP contribution in [-0.2, 0) is 22.6 Å². The number of anilines is 1. The number of amides is 2. The summed E-state index contributed by atoms with van der Waals surface area (Å²) in [6, 6.07) is 24.8. The second-order valence-corrected chi connectivity index (χ2v) is 8.23. The molecule has 0 saturated carbocycles. The van der Waals surface area contributed by atoms with Gasteiger partial charge in [-0.3, -0.25) is 9.59 Å². The minimum Gasteiger partial charge on any atom is -0.346 e. The summed E-state index contributed by atoms with van der Waals surface area (Å²) in [5.74, 6) is 0.510. The molecular formula is C27H28N4O2. The van der Waals surface area contributed by atoms with Crippen molar-refractivity contribution in [2.75, 3.05) is 11.9 Å². The summed E-state index contributed by atoms with van der Waals surface area (Å²) in [5.41, 5.74) is 4.57. The van der Waals surface area contributed by atoms with Gasteiger partial charge in [-0.25, -0.2) is 4.98 Å². The minimum absolute atomic E-state index is 0.0657. The Morgan fingerprint density at radius 1 is 0.970 bits per heavy atom. The van der Waals surface area contributed by atoms with Crippen LogP contribution in [0.15, 0.2) is 78.9 Å². The number of aryl methyl sites for hydroxylation is 1. The predicted octanol–water partition coefficient (Wildman–Crippen LogP) is 4.43. The third-order valence-corrected chi connectivity index (χ3v) is 5.87. The molecule has 0 aliphatic carbocycles. The molecule has 0 bridgehead atoms. The second-order valence-electron chi connectivity index (χ2n) is 8.23. The lowest BCUT2D eigenvalue weighted by Gasteiger charge is -2.20. The van der Waals surface area contributed by atoms with E-state index in [9.17, 15) is 9.59 Å². The van der Waals surface area contributed by atoms with Crippen molar-refractivity contribution in [1.82, 2.24) is 14.9 Å². The Bertz CT molecular complexity index is 1280. The quantitative estimate of drug-likeness (QED) is 0.462. The van der Waals surface area contributed by atoms with Gasteiger partial charge in [-0.1, -0.05) is 54.6 Å². The van der Waals surface area contributed by atoms with E-state index in [1.807, 2.05) is 97.3 Å². The minimum atomic E-state index is -0.358. The van der Waals surface area contributed by atoms with E-state index in [1.54, 1.807) is 11.9 Å². The molecule has 0 radical (unpaired) electrons. The number of carbonyl (C=O) groups is 2. The maximum absolute atomic E-state index is 13.1. The molecule has 1 unspecified atom stereocenters. The monoisotopic (exact) mass is 440 g/mol. The molecule has 1 aromatic heterocycles. The summed E-state index contributed by atoms with van der Waals surface area (Å²) in [7, 11) is 1.77. The van der Waals surface area contributed by atoms with E-state index in [2.05, 4.69) is 5.32 Å². The molecule has 0 aliphatic rings. The molecule has 4 rings (SSSR count). The maximum atomic E-state index is 13.1. The Morgan fingerprint density at radius 3 is 2.39 bits per heavy atom. The van der Waals surface area contributed by atoms with Gasteiger partial charge in [-0.05, 0) is 49.2 Å². The molecule has 0 saturated heterocycles. The van der Waals surface area contributed by atoms with Crippen molar-refractivity contribution < 1.29 is 9.59 Å². The maximum Gasteiger partial charge on any atom is 0.246 e. The van der Waals surface area contributed by atoms with E-state index in [0.29, 0.717) is 12.2 Å². The molecule has 0 fully saturated rings. The Morgan fingerprint density at radius 2 is 1.64 bits per heavy atom. The van der Waals surface area contributed by atoms with Crippen LogP contribution >= 0.6 is 0 Å². The molecule has 0 aliphatic heterocycles. The SMILES string of the molecule is Cc1ccccc1CC(=O)NC(C)c1nc2ccccc2n1CC(=O)N(C)c1ccccc1. The van der Waals surface area contributed by atoms with Crippen LogP contribution in [0.5, 0.6) is 0 Å². The molecule has 3 aromatic carbocycles. The standard InChI is InChI=1S/C27H28N4O2/c1-19-11-7-8-12-21(19)17-25(32)28-20(2)27-29-23-15-9-10-16-24(23)31(27)18-26(33)30(3)22-13-5-4-6-14-22/h4-16,20H,17-18H2,1-3H3,(H,28,32). The van der Waals surface area contributed by atoms with Crippen molar-refractivity contribution in [2.45, 2.75) is 32.9 Å². The van der Waals surface area contributed by atoms with E-state index in [-0.39, 0.29) is 24.4 Å². The van der Waals surface area contributed by atoms with Gasteiger partial charge < -0.3 is 14.8 Å². The number of benzene rings is 3. The lowest BCUT2D eigenvalue weighted by atomic mass is 10.1. The molecule has 33 heavy (non-hydrogen) atoms. The first-order valence-corrected chi connectivity index (χ1v) is 11.0. The van der Waals surface area contributed by atoms with E-state index in [0.717, 1.165) is 27.8 Å². The number of aromatic nitrogens is 2. The topological polar surface area (TPSA) is 67.2 Å². The second kappa shape index (κ2) is 9.69. The van der Waals surface area contributed by atoms with E-state index >= 15 is 0 Å². The van der Waals surface area contributed by atoms with Gasteiger partial charge in [-0.15, -0.1) is 0 Å². The summed E-state index contributed by atoms with van der Waals surface area (Å²) in [4.78, 5) is 32.3. The van der Waals surface area contributed by atoms with E-state index < -0.39 is 0 Å². The average molecular weight is 441 g/mol. The lowest BCUT2D eigenvalue weighted by molar-refractivity contribution is -0.121. The highest BCUT2D eigenvalue weighted by molar-refractivity contribution is 5.93. The first-order valence-electron chi connectivity index (χ1n) is 11.0. The van der Waals surface area contributed by atoms with Crippen molar-refractivity contribution in [3.8, 4) is 0 Å². The molecule has 4 aromatic rings. The Hall–Kier alpha value is -3.93. The van der Waals surface area contributed by atoms with E-state index in [4.69, 9.17) is 4.98 Å². The zero-order valence-corrected chi connectivity index (χ0v) is 19.2. The van der Waals surface area contributed by atoms with Crippen LogP contribution in [0.1, 0.15) is 29.9 Å². The lowest BCUT2D eigenvalue weighted by Crippen LogP contribution is -2.33. The zero-order chi connectivity index (χ0) is 23.4.